The minimum atomic E-state index is -2.88. The minimum Gasteiger partial charge on any atom is -0.310 e. The van der Waals surface area contributed by atoms with E-state index in [4.69, 9.17) is 0 Å². The number of hydrogen-bond donors (Lipinski definition) is 0. The highest BCUT2D eigenvalue weighted by atomic mass is 28.3. The lowest BCUT2D eigenvalue weighted by atomic mass is 9.82. The van der Waals surface area contributed by atoms with Gasteiger partial charge in [-0.05, 0) is 124 Å². The standard InChI is InChI=1S/C60H47NSi/c1-59(2)53-25-12-8-21-47(53)49-35-33-44(38-55(49)59)61(42-31-29-41(30-32-42)40-17-6-5-7-18-40)43-19-16-20-45(37-43)62(57-27-14-10-23-51(57)52-24-11-15-28-58(52)62)46-34-36-50-48-22-9-13-26-54(48)60(3,4)56(50)39-46/h5-39H,1-4H3. The Labute approximate surface area is 366 Å². The third-order valence-electron chi connectivity index (χ3n) is 14.6. The van der Waals surface area contributed by atoms with Gasteiger partial charge in [-0.25, -0.2) is 0 Å². The highest BCUT2D eigenvalue weighted by Crippen LogP contribution is 2.51. The van der Waals surface area contributed by atoms with Crippen molar-refractivity contribution in [2.75, 3.05) is 4.90 Å². The zero-order valence-corrected chi connectivity index (χ0v) is 36.7. The Bertz CT molecular complexity index is 3200. The maximum Gasteiger partial charge on any atom is 0.180 e. The molecule has 0 bridgehead atoms. The smallest absolute Gasteiger partial charge is 0.180 e. The van der Waals surface area contributed by atoms with Crippen LogP contribution >= 0.6 is 0 Å². The second-order valence-electron chi connectivity index (χ2n) is 18.5. The Kier molecular flexibility index (Phi) is 8.02. The number of fused-ring (bicyclic) bond motifs is 9. The van der Waals surface area contributed by atoms with Crippen molar-refractivity contribution in [1.82, 2.24) is 0 Å². The van der Waals surface area contributed by atoms with Crippen molar-refractivity contribution in [2.45, 2.75) is 38.5 Å². The summed E-state index contributed by atoms with van der Waals surface area (Å²) >= 11 is 0. The van der Waals surface area contributed by atoms with E-state index in [0.717, 1.165) is 17.1 Å². The summed E-state index contributed by atoms with van der Waals surface area (Å²) in [6, 6.07) is 80.6. The number of hydrogen-bond acceptors (Lipinski definition) is 1. The van der Waals surface area contributed by atoms with Gasteiger partial charge in [0, 0.05) is 27.9 Å². The summed E-state index contributed by atoms with van der Waals surface area (Å²) in [5, 5.41) is 5.74. The van der Waals surface area contributed by atoms with Gasteiger partial charge in [0.1, 0.15) is 0 Å². The molecule has 1 nitrogen and oxygen atoms in total. The lowest BCUT2D eigenvalue weighted by molar-refractivity contribution is 0.660. The molecular formula is C60H47NSi. The molecular weight excluding hydrogens is 763 g/mol. The first-order valence-corrected chi connectivity index (χ1v) is 24.0. The van der Waals surface area contributed by atoms with E-state index in [0.29, 0.717) is 0 Å². The molecule has 1 aliphatic heterocycles. The van der Waals surface area contributed by atoms with Crippen LogP contribution in [-0.2, 0) is 10.8 Å². The molecule has 12 rings (SSSR count). The average molecular weight is 810 g/mol. The Morgan fingerprint density at radius 1 is 0.306 bits per heavy atom. The zero-order valence-electron chi connectivity index (χ0n) is 35.7. The monoisotopic (exact) mass is 809 g/mol. The number of nitrogens with zero attached hydrogens (tertiary/aromatic N) is 1. The van der Waals surface area contributed by atoms with Crippen LogP contribution in [0.5, 0.6) is 0 Å². The maximum atomic E-state index is 2.60. The predicted molar refractivity (Wildman–Crippen MR) is 264 cm³/mol. The Balaban J connectivity index is 1.09. The van der Waals surface area contributed by atoms with Crippen LogP contribution in [0.15, 0.2) is 212 Å². The molecule has 9 aromatic rings. The fourth-order valence-corrected chi connectivity index (χ4v) is 16.8. The summed E-state index contributed by atoms with van der Waals surface area (Å²) in [4.78, 5) is 2.49. The van der Waals surface area contributed by atoms with Crippen molar-refractivity contribution >= 4 is 45.9 Å². The van der Waals surface area contributed by atoms with Gasteiger partial charge in [-0.2, -0.15) is 0 Å². The second kappa shape index (κ2) is 13.5. The zero-order chi connectivity index (χ0) is 41.8. The van der Waals surface area contributed by atoms with Crippen molar-refractivity contribution in [2.24, 2.45) is 0 Å². The van der Waals surface area contributed by atoms with E-state index in [1.165, 1.54) is 87.5 Å². The van der Waals surface area contributed by atoms with Crippen LogP contribution in [0.25, 0.3) is 44.5 Å². The second-order valence-corrected chi connectivity index (χ2v) is 22.2. The van der Waals surface area contributed by atoms with Gasteiger partial charge in [-0.1, -0.05) is 204 Å². The van der Waals surface area contributed by atoms with E-state index in [2.05, 4.69) is 245 Å². The molecule has 0 saturated carbocycles. The molecule has 1 heterocycles. The molecule has 3 aliphatic rings. The fourth-order valence-electron chi connectivity index (χ4n) is 11.6. The van der Waals surface area contributed by atoms with Gasteiger partial charge < -0.3 is 4.90 Å². The first-order chi connectivity index (χ1) is 30.3. The molecule has 0 radical (unpaired) electrons. The van der Waals surface area contributed by atoms with E-state index >= 15 is 0 Å². The number of anilines is 3. The van der Waals surface area contributed by atoms with Crippen LogP contribution in [0.2, 0.25) is 0 Å². The first kappa shape index (κ1) is 36.8. The third-order valence-corrected chi connectivity index (χ3v) is 19.4. The molecule has 0 atom stereocenters. The molecule has 0 amide bonds. The van der Waals surface area contributed by atoms with Gasteiger partial charge in [0.2, 0.25) is 0 Å². The molecule has 2 aliphatic carbocycles. The van der Waals surface area contributed by atoms with Crippen molar-refractivity contribution in [3.63, 3.8) is 0 Å². The third kappa shape index (κ3) is 5.14. The van der Waals surface area contributed by atoms with E-state index in [-0.39, 0.29) is 10.8 Å². The van der Waals surface area contributed by atoms with Crippen molar-refractivity contribution < 1.29 is 0 Å². The van der Waals surface area contributed by atoms with Gasteiger partial charge in [0.15, 0.2) is 8.07 Å². The van der Waals surface area contributed by atoms with E-state index < -0.39 is 8.07 Å². The van der Waals surface area contributed by atoms with Gasteiger partial charge in [-0.15, -0.1) is 0 Å². The van der Waals surface area contributed by atoms with Crippen LogP contribution in [0, 0.1) is 0 Å². The molecule has 0 spiro atoms. The molecule has 0 aromatic heterocycles. The topological polar surface area (TPSA) is 3.24 Å². The normalized spacial score (nSPS) is 15.2. The van der Waals surface area contributed by atoms with E-state index in [1.54, 1.807) is 0 Å². The van der Waals surface area contributed by atoms with E-state index in [1.807, 2.05) is 0 Å². The van der Waals surface area contributed by atoms with Gasteiger partial charge >= 0.3 is 0 Å². The lowest BCUT2D eigenvalue weighted by Gasteiger charge is -2.34. The molecule has 0 saturated heterocycles. The van der Waals surface area contributed by atoms with Crippen LogP contribution < -0.4 is 25.6 Å². The van der Waals surface area contributed by atoms with Crippen LogP contribution in [-0.4, -0.2) is 8.07 Å². The largest absolute Gasteiger partial charge is 0.310 e. The van der Waals surface area contributed by atoms with Crippen LogP contribution in [0.3, 0.4) is 0 Å². The molecule has 296 valence electrons. The SMILES string of the molecule is CC1(C)c2ccccc2-c2ccc(N(c3ccc(-c4ccccc4)cc3)c3cccc([Si]4(c5ccc6c(c5)C(C)(C)c5ccccc5-6)c5ccccc5-c5ccccc54)c3)cc21. The van der Waals surface area contributed by atoms with Crippen LogP contribution in [0.4, 0.5) is 17.1 Å². The molecule has 62 heavy (non-hydrogen) atoms. The summed E-state index contributed by atoms with van der Waals surface area (Å²) in [6.07, 6.45) is 0. The fraction of sp³-hybridized carbons (Fsp3) is 0.100. The molecule has 0 unspecified atom stereocenters. The van der Waals surface area contributed by atoms with Crippen LogP contribution in [0.1, 0.15) is 49.9 Å². The van der Waals surface area contributed by atoms with Crippen molar-refractivity contribution in [3.8, 4) is 44.5 Å². The summed E-state index contributed by atoms with van der Waals surface area (Å²) in [7, 11) is -2.88. The Morgan fingerprint density at radius 2 is 0.758 bits per heavy atom. The van der Waals surface area contributed by atoms with Gasteiger partial charge in [0.05, 0.1) is 0 Å². The molecule has 0 N–H and O–H groups in total. The minimum absolute atomic E-state index is 0.110. The summed E-state index contributed by atoms with van der Waals surface area (Å²) < 4.78 is 0. The highest BCUT2D eigenvalue weighted by Gasteiger charge is 2.50. The number of rotatable bonds is 6. The average Bonchev–Trinajstić information content (AvgIpc) is 3.84. The Morgan fingerprint density at radius 3 is 1.39 bits per heavy atom. The number of benzene rings is 9. The van der Waals surface area contributed by atoms with E-state index in [9.17, 15) is 0 Å². The molecule has 9 aromatic carbocycles. The maximum absolute atomic E-state index is 2.88. The predicted octanol–water partition coefficient (Wildman–Crippen LogP) is 12.8. The quantitative estimate of drug-likeness (QED) is 0.151. The van der Waals surface area contributed by atoms with Crippen molar-refractivity contribution in [3.05, 3.63) is 235 Å². The summed E-state index contributed by atoms with van der Waals surface area (Å²) in [6.45, 7) is 9.57. The Hall–Kier alpha value is -7.00. The van der Waals surface area contributed by atoms with Crippen molar-refractivity contribution in [1.29, 1.82) is 0 Å². The summed E-state index contributed by atoms with van der Waals surface area (Å²) in [5.41, 5.74) is 19.3. The van der Waals surface area contributed by atoms with Gasteiger partial charge in [-0.3, -0.25) is 0 Å². The first-order valence-electron chi connectivity index (χ1n) is 22.0. The summed E-state index contributed by atoms with van der Waals surface area (Å²) in [5.74, 6) is 0. The van der Waals surface area contributed by atoms with Gasteiger partial charge in [0.25, 0.3) is 0 Å². The molecule has 0 fully saturated rings. The molecule has 2 heteroatoms. The lowest BCUT2D eigenvalue weighted by Crippen LogP contribution is -2.73. The highest BCUT2D eigenvalue weighted by molar-refractivity contribution is 7.22.